The van der Waals surface area contributed by atoms with Crippen molar-refractivity contribution in [1.82, 2.24) is 19.8 Å². The summed E-state index contributed by atoms with van der Waals surface area (Å²) in [7, 11) is -3.42. The number of rotatable bonds is 6. The molecule has 0 aliphatic carbocycles. The first-order chi connectivity index (χ1) is 18.2. The van der Waals surface area contributed by atoms with Crippen LogP contribution in [0, 0.1) is 5.82 Å². The van der Waals surface area contributed by atoms with Crippen LogP contribution in [0.5, 0.6) is 0 Å². The predicted octanol–water partition coefficient (Wildman–Crippen LogP) is 5.06. The largest absolute Gasteiger partial charge is 0.333 e. The highest BCUT2D eigenvalue weighted by molar-refractivity contribution is 7.90. The second-order valence-electron chi connectivity index (χ2n) is 9.30. The van der Waals surface area contributed by atoms with Crippen molar-refractivity contribution >= 4 is 44.4 Å². The molecule has 1 amide bonds. The van der Waals surface area contributed by atoms with Crippen LogP contribution in [-0.2, 0) is 29.3 Å². The molecule has 5 rings (SSSR count). The smallest absolute Gasteiger partial charge is 0.326 e. The van der Waals surface area contributed by atoms with Gasteiger partial charge < -0.3 is 5.32 Å². The monoisotopic (exact) mass is 552 g/mol. The number of carbonyl (C=O) groups excluding carboxylic acids is 1. The van der Waals surface area contributed by atoms with Crippen LogP contribution < -0.4 is 5.32 Å². The molecule has 10 heteroatoms. The Bertz CT molecular complexity index is 1650. The fourth-order valence-corrected chi connectivity index (χ4v) is 5.58. The number of nitrogens with one attached hydrogen (secondary N) is 1. The van der Waals surface area contributed by atoms with Gasteiger partial charge in [-0.3, -0.25) is 9.47 Å². The zero-order valence-corrected chi connectivity index (χ0v) is 22.3. The van der Waals surface area contributed by atoms with Gasteiger partial charge in [-0.05, 0) is 59.2 Å². The van der Waals surface area contributed by atoms with Crippen molar-refractivity contribution in [2.24, 2.45) is 0 Å². The molecule has 0 bridgehead atoms. The van der Waals surface area contributed by atoms with Gasteiger partial charge in [0.15, 0.2) is 9.84 Å². The van der Waals surface area contributed by atoms with E-state index in [9.17, 15) is 17.6 Å². The number of hydrogen-bond acceptors (Lipinski definition) is 5. The summed E-state index contributed by atoms with van der Waals surface area (Å²) in [6.07, 6.45) is 7.35. The molecule has 0 fully saturated rings. The minimum Gasteiger partial charge on any atom is -0.333 e. The molecule has 2 aromatic carbocycles. The van der Waals surface area contributed by atoms with Gasteiger partial charge in [0.05, 0.1) is 10.4 Å². The number of halogens is 2. The molecule has 196 valence electrons. The Labute approximate surface area is 225 Å². The summed E-state index contributed by atoms with van der Waals surface area (Å²) in [4.78, 5) is 19.8. The zero-order valence-electron chi connectivity index (χ0n) is 20.7. The Hall–Kier alpha value is -3.53. The summed E-state index contributed by atoms with van der Waals surface area (Å²) in [6, 6.07) is 14.4. The maximum absolute atomic E-state index is 13.4. The lowest BCUT2D eigenvalue weighted by molar-refractivity contribution is 0.240. The molecule has 0 unspecified atom stereocenters. The maximum atomic E-state index is 13.4. The fourth-order valence-electron chi connectivity index (χ4n) is 4.73. The van der Waals surface area contributed by atoms with E-state index in [1.54, 1.807) is 53.2 Å². The van der Waals surface area contributed by atoms with E-state index >= 15 is 0 Å². The van der Waals surface area contributed by atoms with E-state index in [1.807, 2.05) is 12.2 Å². The van der Waals surface area contributed by atoms with Crippen molar-refractivity contribution in [3.63, 3.8) is 0 Å². The van der Waals surface area contributed by atoms with Crippen molar-refractivity contribution in [3.05, 3.63) is 100 Å². The van der Waals surface area contributed by atoms with E-state index < -0.39 is 9.84 Å². The Kier molecular flexibility index (Phi) is 7.34. The number of fused-ring (bicyclic) bond motifs is 3. The van der Waals surface area contributed by atoms with E-state index in [2.05, 4.69) is 15.2 Å². The lowest BCUT2D eigenvalue weighted by Crippen LogP contribution is -2.34. The summed E-state index contributed by atoms with van der Waals surface area (Å²) >= 11 is 5.97. The molecule has 3 heterocycles. The molecule has 1 aliphatic heterocycles. The predicted molar refractivity (Wildman–Crippen MR) is 146 cm³/mol. The van der Waals surface area contributed by atoms with Gasteiger partial charge in [0.1, 0.15) is 11.0 Å². The van der Waals surface area contributed by atoms with Gasteiger partial charge in [-0.2, -0.15) is 0 Å². The van der Waals surface area contributed by atoms with Crippen molar-refractivity contribution < 1.29 is 17.6 Å². The SMILES string of the molecule is CS(=O)(=O)c1ccc2c(c1)c1c(n2C(=O)NCc2ccnc(Cl)c2)CCN(CC=Cc2ccc(F)cc2)C1. The molecule has 1 aliphatic rings. The Morgan fingerprint density at radius 2 is 1.95 bits per heavy atom. The third-order valence-corrected chi connectivity index (χ3v) is 7.93. The van der Waals surface area contributed by atoms with Crippen LogP contribution in [0.4, 0.5) is 9.18 Å². The summed E-state index contributed by atoms with van der Waals surface area (Å²) in [6.45, 7) is 2.22. The maximum Gasteiger partial charge on any atom is 0.326 e. The van der Waals surface area contributed by atoms with E-state index in [-0.39, 0.29) is 23.3 Å². The molecular formula is C28H26ClFN4O3S. The van der Waals surface area contributed by atoms with Gasteiger partial charge in [0, 0.05) is 56.1 Å². The van der Waals surface area contributed by atoms with Gasteiger partial charge in [-0.25, -0.2) is 22.6 Å². The third-order valence-electron chi connectivity index (χ3n) is 6.61. The normalized spacial score (nSPS) is 14.2. The summed E-state index contributed by atoms with van der Waals surface area (Å²) in [5.74, 6) is -0.274. The number of aromatic nitrogens is 2. The third kappa shape index (κ3) is 5.65. The molecule has 4 aromatic rings. The number of sulfone groups is 1. The van der Waals surface area contributed by atoms with Crippen LogP contribution in [0.3, 0.4) is 0 Å². The van der Waals surface area contributed by atoms with Gasteiger partial charge in [0.25, 0.3) is 0 Å². The standard InChI is InChI=1S/C28H26ClFN4O3S/c1-38(36,37)22-8-9-25-23(16-22)24-18-33(13-2-3-19-4-6-21(30)7-5-19)14-11-26(24)34(25)28(35)32-17-20-10-12-31-27(29)15-20/h2-10,12,15-16H,11,13-14,17-18H2,1H3,(H,32,35). The van der Waals surface area contributed by atoms with Crippen LogP contribution >= 0.6 is 11.6 Å². The van der Waals surface area contributed by atoms with E-state index in [0.29, 0.717) is 30.2 Å². The quantitative estimate of drug-likeness (QED) is 0.338. The number of nitrogens with zero attached hydrogens (tertiary/aromatic N) is 3. The summed E-state index contributed by atoms with van der Waals surface area (Å²) in [5.41, 5.74) is 4.20. The van der Waals surface area contributed by atoms with Gasteiger partial charge in [0.2, 0.25) is 0 Å². The fraction of sp³-hybridized carbons (Fsp3) is 0.214. The molecule has 0 spiro atoms. The Balaban J connectivity index is 1.44. The van der Waals surface area contributed by atoms with Crippen LogP contribution in [-0.4, -0.2) is 48.2 Å². The minimum absolute atomic E-state index is 0.213. The van der Waals surface area contributed by atoms with Gasteiger partial charge in [-0.1, -0.05) is 35.9 Å². The highest BCUT2D eigenvalue weighted by Crippen LogP contribution is 2.32. The molecule has 0 atom stereocenters. The lowest BCUT2D eigenvalue weighted by atomic mass is 10.0. The second-order valence-corrected chi connectivity index (χ2v) is 11.7. The highest BCUT2D eigenvalue weighted by atomic mass is 35.5. The van der Waals surface area contributed by atoms with Crippen LogP contribution in [0.2, 0.25) is 5.15 Å². The van der Waals surface area contributed by atoms with Crippen LogP contribution in [0.15, 0.2) is 71.8 Å². The number of pyridine rings is 1. The first-order valence-corrected chi connectivity index (χ1v) is 14.4. The van der Waals surface area contributed by atoms with E-state index in [0.717, 1.165) is 34.3 Å². The van der Waals surface area contributed by atoms with Crippen molar-refractivity contribution in [2.45, 2.75) is 24.4 Å². The number of hydrogen-bond donors (Lipinski definition) is 1. The van der Waals surface area contributed by atoms with Crippen molar-refractivity contribution in [2.75, 3.05) is 19.3 Å². The van der Waals surface area contributed by atoms with E-state index in [1.165, 1.54) is 18.4 Å². The second kappa shape index (κ2) is 10.7. The first-order valence-electron chi connectivity index (χ1n) is 12.1. The van der Waals surface area contributed by atoms with Gasteiger partial charge >= 0.3 is 6.03 Å². The zero-order chi connectivity index (χ0) is 26.9. The molecular weight excluding hydrogens is 527 g/mol. The van der Waals surface area contributed by atoms with Crippen molar-refractivity contribution in [1.29, 1.82) is 0 Å². The number of benzene rings is 2. The lowest BCUT2D eigenvalue weighted by Gasteiger charge is -2.27. The molecule has 2 aromatic heterocycles. The van der Waals surface area contributed by atoms with Crippen LogP contribution in [0.1, 0.15) is 22.4 Å². The molecule has 1 N–H and O–H groups in total. The van der Waals surface area contributed by atoms with Crippen molar-refractivity contribution in [3.8, 4) is 0 Å². The average molecular weight is 553 g/mol. The summed E-state index contributed by atoms with van der Waals surface area (Å²) in [5, 5.41) is 4.05. The van der Waals surface area contributed by atoms with Gasteiger partial charge in [-0.15, -0.1) is 0 Å². The Morgan fingerprint density at radius 1 is 1.16 bits per heavy atom. The Morgan fingerprint density at radius 3 is 2.68 bits per heavy atom. The summed E-state index contributed by atoms with van der Waals surface area (Å²) < 4.78 is 39.4. The topological polar surface area (TPSA) is 84.3 Å². The van der Waals surface area contributed by atoms with Crippen LogP contribution in [0.25, 0.3) is 17.0 Å². The molecule has 38 heavy (non-hydrogen) atoms. The average Bonchev–Trinajstić information content (AvgIpc) is 3.21. The molecule has 7 nitrogen and oxygen atoms in total. The molecule has 0 saturated heterocycles. The first kappa shape index (κ1) is 26.1. The minimum atomic E-state index is -3.42. The highest BCUT2D eigenvalue weighted by Gasteiger charge is 2.27. The number of amides is 1. The number of carbonyl (C=O) groups is 1. The molecule has 0 saturated carbocycles. The van der Waals surface area contributed by atoms with E-state index in [4.69, 9.17) is 11.6 Å². The molecule has 0 radical (unpaired) electrons.